The summed E-state index contributed by atoms with van der Waals surface area (Å²) >= 11 is 0. The van der Waals surface area contributed by atoms with E-state index in [0.29, 0.717) is 6.54 Å². The molecule has 2 nitrogen and oxygen atoms in total. The Kier molecular flexibility index (Phi) is 2.25. The van der Waals surface area contributed by atoms with Crippen LogP contribution in [0.5, 0.6) is 0 Å². The normalized spacial score (nSPS) is 15.4. The third-order valence-corrected chi connectivity index (χ3v) is 3.68. The molecule has 0 fully saturated rings. The highest BCUT2D eigenvalue weighted by atomic mass is 16.3. The summed E-state index contributed by atoms with van der Waals surface area (Å²) in [6, 6.07) is 4.53. The molecule has 2 N–H and O–H groups in total. The highest BCUT2D eigenvalue weighted by Crippen LogP contribution is 2.31. The zero-order valence-corrected chi connectivity index (χ0v) is 9.68. The fraction of sp³-hybridized carbons (Fsp3) is 0.429. The highest BCUT2D eigenvalue weighted by Gasteiger charge is 2.15. The van der Waals surface area contributed by atoms with Crippen molar-refractivity contribution < 1.29 is 4.42 Å². The van der Waals surface area contributed by atoms with Crippen molar-refractivity contribution in [2.45, 2.75) is 39.2 Å². The standard InChI is InChI=1S/C14H17NO/c1-9-12-6-10-4-2-3-5-11(10)7-13(12)16-14(9)8-15/h6-7H,2-5,8,15H2,1H3. The maximum atomic E-state index is 5.79. The lowest BCUT2D eigenvalue weighted by Gasteiger charge is -2.14. The van der Waals surface area contributed by atoms with Crippen LogP contribution in [0, 0.1) is 6.92 Å². The first kappa shape index (κ1) is 9.91. The quantitative estimate of drug-likeness (QED) is 0.794. The molecule has 0 atom stereocenters. The zero-order valence-electron chi connectivity index (χ0n) is 9.68. The molecule has 2 aromatic rings. The predicted molar refractivity (Wildman–Crippen MR) is 65.5 cm³/mol. The number of nitrogens with two attached hydrogens (primary N) is 1. The Morgan fingerprint density at radius 2 is 1.88 bits per heavy atom. The van der Waals surface area contributed by atoms with Crippen LogP contribution < -0.4 is 5.73 Å². The van der Waals surface area contributed by atoms with E-state index in [0.717, 1.165) is 11.3 Å². The van der Waals surface area contributed by atoms with Crippen molar-refractivity contribution in [3.8, 4) is 0 Å². The molecule has 0 bridgehead atoms. The molecule has 3 rings (SSSR count). The molecule has 1 aromatic carbocycles. The molecule has 16 heavy (non-hydrogen) atoms. The van der Waals surface area contributed by atoms with E-state index in [9.17, 15) is 0 Å². The molecule has 0 aliphatic heterocycles. The number of fused-ring (bicyclic) bond motifs is 2. The summed E-state index contributed by atoms with van der Waals surface area (Å²) < 4.78 is 5.79. The molecule has 0 amide bonds. The van der Waals surface area contributed by atoms with Gasteiger partial charge < -0.3 is 10.2 Å². The van der Waals surface area contributed by atoms with E-state index in [-0.39, 0.29) is 0 Å². The van der Waals surface area contributed by atoms with Gasteiger partial charge in [-0.1, -0.05) is 0 Å². The first-order chi connectivity index (χ1) is 7.79. The molecule has 0 unspecified atom stereocenters. The van der Waals surface area contributed by atoms with Crippen LogP contribution in [0.3, 0.4) is 0 Å². The van der Waals surface area contributed by atoms with Gasteiger partial charge in [0.2, 0.25) is 0 Å². The minimum absolute atomic E-state index is 0.491. The average molecular weight is 215 g/mol. The van der Waals surface area contributed by atoms with E-state index in [2.05, 4.69) is 19.1 Å². The van der Waals surface area contributed by atoms with Gasteiger partial charge in [-0.25, -0.2) is 0 Å². The van der Waals surface area contributed by atoms with Gasteiger partial charge in [0.05, 0.1) is 6.54 Å². The fourth-order valence-electron chi connectivity index (χ4n) is 2.69. The molecule has 1 aromatic heterocycles. The predicted octanol–water partition coefficient (Wildman–Crippen LogP) is 3.08. The topological polar surface area (TPSA) is 39.2 Å². The molecule has 0 radical (unpaired) electrons. The van der Waals surface area contributed by atoms with Crippen molar-refractivity contribution in [2.75, 3.05) is 0 Å². The molecule has 0 spiro atoms. The van der Waals surface area contributed by atoms with E-state index in [1.54, 1.807) is 0 Å². The SMILES string of the molecule is Cc1c(CN)oc2cc3c(cc12)CCCC3. The molecule has 1 aliphatic carbocycles. The van der Waals surface area contributed by atoms with Crippen LogP contribution in [0.25, 0.3) is 11.0 Å². The maximum Gasteiger partial charge on any atom is 0.134 e. The lowest BCUT2D eigenvalue weighted by atomic mass is 9.90. The molecule has 1 aliphatic rings. The summed E-state index contributed by atoms with van der Waals surface area (Å²) in [5.41, 5.74) is 10.9. The Hall–Kier alpha value is -1.28. The number of hydrogen-bond acceptors (Lipinski definition) is 2. The Balaban J connectivity index is 2.25. The summed E-state index contributed by atoms with van der Waals surface area (Å²) in [5.74, 6) is 0.928. The van der Waals surface area contributed by atoms with Gasteiger partial charge in [0, 0.05) is 5.39 Å². The van der Waals surface area contributed by atoms with Crippen LogP contribution in [0.1, 0.15) is 35.3 Å². The van der Waals surface area contributed by atoms with Crippen LogP contribution in [0.4, 0.5) is 0 Å². The van der Waals surface area contributed by atoms with Crippen molar-refractivity contribution in [3.05, 3.63) is 34.6 Å². The Morgan fingerprint density at radius 3 is 2.56 bits per heavy atom. The third-order valence-electron chi connectivity index (χ3n) is 3.68. The van der Waals surface area contributed by atoms with Crippen molar-refractivity contribution in [3.63, 3.8) is 0 Å². The first-order valence-electron chi connectivity index (χ1n) is 6.03. The number of hydrogen-bond donors (Lipinski definition) is 1. The Morgan fingerprint density at radius 1 is 1.19 bits per heavy atom. The average Bonchev–Trinajstić information content (AvgIpc) is 2.63. The summed E-state index contributed by atoms with van der Waals surface area (Å²) in [7, 11) is 0. The Bertz CT molecular complexity index is 539. The summed E-state index contributed by atoms with van der Waals surface area (Å²) in [5, 5.41) is 1.25. The lowest BCUT2D eigenvalue weighted by Crippen LogP contribution is -2.01. The summed E-state index contributed by atoms with van der Waals surface area (Å²) in [6.07, 6.45) is 5.04. The van der Waals surface area contributed by atoms with Crippen LogP contribution in [-0.2, 0) is 19.4 Å². The van der Waals surface area contributed by atoms with Gasteiger partial charge in [0.1, 0.15) is 11.3 Å². The molecule has 0 saturated heterocycles. The molecule has 0 saturated carbocycles. The van der Waals surface area contributed by atoms with Gasteiger partial charge in [-0.05, 0) is 61.4 Å². The maximum absolute atomic E-state index is 5.79. The van der Waals surface area contributed by atoms with E-state index in [1.165, 1.54) is 47.8 Å². The lowest BCUT2D eigenvalue weighted by molar-refractivity contribution is 0.547. The second kappa shape index (κ2) is 3.63. The van der Waals surface area contributed by atoms with Gasteiger partial charge in [-0.15, -0.1) is 0 Å². The van der Waals surface area contributed by atoms with E-state index in [4.69, 9.17) is 10.2 Å². The van der Waals surface area contributed by atoms with Crippen LogP contribution in [0.2, 0.25) is 0 Å². The molecule has 84 valence electrons. The monoisotopic (exact) mass is 215 g/mol. The summed E-state index contributed by atoms with van der Waals surface area (Å²) in [4.78, 5) is 0. The third kappa shape index (κ3) is 1.37. The fourth-order valence-corrected chi connectivity index (χ4v) is 2.69. The second-order valence-electron chi connectivity index (χ2n) is 4.68. The van der Waals surface area contributed by atoms with E-state index < -0.39 is 0 Å². The van der Waals surface area contributed by atoms with Gasteiger partial charge in [0.15, 0.2) is 0 Å². The van der Waals surface area contributed by atoms with E-state index >= 15 is 0 Å². The zero-order chi connectivity index (χ0) is 11.1. The summed E-state index contributed by atoms with van der Waals surface area (Å²) in [6.45, 7) is 2.59. The van der Waals surface area contributed by atoms with Crippen molar-refractivity contribution >= 4 is 11.0 Å². The van der Waals surface area contributed by atoms with Gasteiger partial charge >= 0.3 is 0 Å². The molecule has 1 heterocycles. The molecular formula is C14H17NO. The largest absolute Gasteiger partial charge is 0.459 e. The van der Waals surface area contributed by atoms with Crippen molar-refractivity contribution in [1.82, 2.24) is 0 Å². The number of benzene rings is 1. The molecule has 2 heteroatoms. The van der Waals surface area contributed by atoms with Crippen molar-refractivity contribution in [1.29, 1.82) is 0 Å². The smallest absolute Gasteiger partial charge is 0.134 e. The van der Waals surface area contributed by atoms with Gasteiger partial charge in [0.25, 0.3) is 0 Å². The van der Waals surface area contributed by atoms with Crippen LogP contribution in [-0.4, -0.2) is 0 Å². The second-order valence-corrected chi connectivity index (χ2v) is 4.68. The van der Waals surface area contributed by atoms with Crippen molar-refractivity contribution in [2.24, 2.45) is 5.73 Å². The first-order valence-corrected chi connectivity index (χ1v) is 6.03. The number of aryl methyl sites for hydroxylation is 3. The van der Waals surface area contributed by atoms with Gasteiger partial charge in [-0.3, -0.25) is 0 Å². The van der Waals surface area contributed by atoms with Gasteiger partial charge in [-0.2, -0.15) is 0 Å². The molecular weight excluding hydrogens is 198 g/mol. The number of furan rings is 1. The number of rotatable bonds is 1. The minimum atomic E-state index is 0.491. The highest BCUT2D eigenvalue weighted by molar-refractivity contribution is 5.83. The Labute approximate surface area is 95.4 Å². The van der Waals surface area contributed by atoms with E-state index in [1.807, 2.05) is 0 Å². The minimum Gasteiger partial charge on any atom is -0.459 e. The van der Waals surface area contributed by atoms with Crippen LogP contribution >= 0.6 is 0 Å². The van der Waals surface area contributed by atoms with Crippen LogP contribution in [0.15, 0.2) is 16.5 Å².